The van der Waals surface area contributed by atoms with E-state index in [1.807, 2.05) is 0 Å². The predicted molar refractivity (Wildman–Crippen MR) is 306 cm³/mol. The molecule has 0 radical (unpaired) electrons. The molecule has 13 heteroatoms. The maximum atomic E-state index is 11.8. The lowest BCUT2D eigenvalue weighted by molar-refractivity contribution is -0.776. The van der Waals surface area contributed by atoms with Crippen molar-refractivity contribution in [2.75, 3.05) is 0 Å². The molecule has 0 aromatic heterocycles. The quantitative estimate of drug-likeness (QED) is 0.154. The van der Waals surface area contributed by atoms with Gasteiger partial charge < -0.3 is 30.1 Å². The van der Waals surface area contributed by atoms with E-state index in [0.29, 0.717) is 29.0 Å². The fourth-order valence-electron chi connectivity index (χ4n) is 20.0. The van der Waals surface area contributed by atoms with E-state index >= 15 is 0 Å². The summed E-state index contributed by atoms with van der Waals surface area (Å²) < 4.78 is 0. The van der Waals surface area contributed by atoms with E-state index in [-0.39, 0.29) is 104 Å². The van der Waals surface area contributed by atoms with Gasteiger partial charge in [-0.25, -0.2) is 0 Å². The summed E-state index contributed by atoms with van der Waals surface area (Å²) in [6.07, 6.45) is 20.6. The summed E-state index contributed by atoms with van der Waals surface area (Å²) in [5.41, 5.74) is 1.75. The van der Waals surface area contributed by atoms with Gasteiger partial charge >= 0.3 is 0 Å². The second-order valence-corrected chi connectivity index (χ2v) is 33.5. The van der Waals surface area contributed by atoms with Gasteiger partial charge in [0, 0.05) is 16.9 Å². The molecule has 0 amide bonds. The fraction of sp³-hybridized carbons (Fsp3) is 0.984. The van der Waals surface area contributed by atoms with Crippen molar-refractivity contribution in [3.63, 3.8) is 0 Å². The van der Waals surface area contributed by atoms with Crippen LogP contribution >= 0.6 is 0 Å². The molecule has 17 atom stereocenters. The molecule has 17 unspecified atom stereocenters. The average Bonchev–Trinajstić information content (AvgIpc) is 4.18. The Morgan fingerprint density at radius 3 is 1.01 bits per heavy atom. The predicted octanol–water partition coefficient (Wildman–Crippen LogP) is 14.8. The largest absolute Gasteiger partial charge is 0.394 e. The van der Waals surface area contributed by atoms with Gasteiger partial charge in [-0.05, 0) is 219 Å². The first kappa shape index (κ1) is 65.7. The van der Waals surface area contributed by atoms with Crippen LogP contribution in [0.25, 0.3) is 0 Å². The monoisotopic (exact) mass is 1090 g/mol. The van der Waals surface area contributed by atoms with Gasteiger partial charge in [-0.1, -0.05) is 132 Å². The number of nitrogens with zero attached hydrogens (tertiary/aromatic N) is 2. The van der Waals surface area contributed by atoms with Crippen LogP contribution in [0.2, 0.25) is 0 Å². The summed E-state index contributed by atoms with van der Waals surface area (Å²) in [6, 6.07) is 0. The van der Waals surface area contributed by atoms with Crippen LogP contribution < -0.4 is 0 Å². The van der Waals surface area contributed by atoms with Crippen LogP contribution in [0, 0.1) is 121 Å². The Labute approximate surface area is 467 Å². The van der Waals surface area contributed by atoms with E-state index in [1.54, 1.807) is 13.8 Å². The van der Waals surface area contributed by atoms with E-state index in [4.69, 9.17) is 14.8 Å². The highest BCUT2D eigenvalue weighted by Crippen LogP contribution is 2.67. The average molecular weight is 1090 g/mol. The highest BCUT2D eigenvalue weighted by molar-refractivity contribution is 5.92. The summed E-state index contributed by atoms with van der Waals surface area (Å²) in [5, 5.41) is 57.6. The maximum absolute atomic E-state index is 11.8. The minimum Gasteiger partial charge on any atom is -0.394 e. The zero-order chi connectivity index (χ0) is 57.8. The molecule has 13 nitrogen and oxygen atoms in total. The second-order valence-electron chi connectivity index (χ2n) is 33.5. The molecule has 0 saturated heterocycles. The minimum absolute atomic E-state index is 0. The van der Waals surface area contributed by atoms with E-state index in [1.165, 1.54) is 70.6 Å². The SMILES string of the molecule is C.CC(C)O.CC1(C)CC2(C)CC1CC2O[N+](=O)[O-].CC12CCC(C1)C(C)(C)C2=O.CC12CCC(C1)C(C)(C)C2O.CC12CCC(C1)C(C)(C)C2O.CC12CCC(C1)C(C)(C)C2O.CC12CCC(C1)C(C)(C)C2O[N+](=O)[O-]. The van der Waals surface area contributed by atoms with Crippen molar-refractivity contribution in [1.29, 1.82) is 0 Å². The van der Waals surface area contributed by atoms with Crippen molar-refractivity contribution in [1.82, 2.24) is 0 Å². The molecular weight excluding hydrogens is 973 g/mol. The van der Waals surface area contributed by atoms with Crippen LogP contribution in [0.1, 0.15) is 261 Å². The van der Waals surface area contributed by atoms with Gasteiger partial charge in [0.2, 0.25) is 0 Å². The summed E-state index contributed by atoms with van der Waals surface area (Å²) in [6.45, 7) is 42.8. The number of aliphatic hydroxyl groups is 4. The molecule has 0 aliphatic heterocycles. The van der Waals surface area contributed by atoms with Crippen molar-refractivity contribution in [3.05, 3.63) is 20.2 Å². The Kier molecular flexibility index (Phi) is 18.4. The smallest absolute Gasteiger partial charge is 0.294 e. The van der Waals surface area contributed by atoms with Crippen molar-refractivity contribution in [3.8, 4) is 0 Å². The van der Waals surface area contributed by atoms with E-state index < -0.39 is 10.2 Å². The molecule has 0 spiro atoms. The number of hydrogen-bond acceptors (Lipinski definition) is 11. The van der Waals surface area contributed by atoms with Crippen molar-refractivity contribution in [2.24, 2.45) is 100 Å². The third-order valence-corrected chi connectivity index (χ3v) is 25.0. The third-order valence-electron chi connectivity index (χ3n) is 25.0. The zero-order valence-corrected chi connectivity index (χ0v) is 51.7. The molecule has 12 fully saturated rings. The molecule has 0 aromatic rings. The number of rotatable bonds is 4. The van der Waals surface area contributed by atoms with Gasteiger partial charge in [-0.2, -0.15) is 0 Å². The molecule has 0 heterocycles. The topological polar surface area (TPSA) is 203 Å². The molecule has 12 saturated carbocycles. The Morgan fingerprint density at radius 1 is 0.481 bits per heavy atom. The highest BCUT2D eigenvalue weighted by Gasteiger charge is 2.64. The molecule has 12 bridgehead atoms. The number of ketones is 1. The first-order chi connectivity index (χ1) is 34.3. The fourth-order valence-corrected chi connectivity index (χ4v) is 20.0. The third kappa shape index (κ3) is 12.1. The molecule has 4 N–H and O–H groups in total. The first-order valence-electron chi connectivity index (χ1n) is 30.2. The van der Waals surface area contributed by atoms with Crippen LogP contribution in [0.15, 0.2) is 0 Å². The van der Waals surface area contributed by atoms with Crippen LogP contribution in [0.3, 0.4) is 0 Å². The summed E-state index contributed by atoms with van der Waals surface area (Å²) in [7, 11) is 0. The molecular formula is C64H116N2O11. The Balaban J connectivity index is 0.000000168. The lowest BCUT2D eigenvalue weighted by Gasteiger charge is -2.40. The van der Waals surface area contributed by atoms with Gasteiger partial charge in [-0.3, -0.25) is 4.79 Å². The van der Waals surface area contributed by atoms with E-state index in [0.717, 1.165) is 62.7 Å². The zero-order valence-electron chi connectivity index (χ0n) is 51.7. The molecule has 12 rings (SSSR count). The maximum Gasteiger partial charge on any atom is 0.294 e. The Hall–Kier alpha value is -2.09. The highest BCUT2D eigenvalue weighted by atomic mass is 17.0. The molecule has 77 heavy (non-hydrogen) atoms. The Bertz CT molecular complexity index is 1990. The van der Waals surface area contributed by atoms with Crippen molar-refractivity contribution in [2.45, 2.75) is 298 Å². The number of hydrogen-bond donors (Lipinski definition) is 4. The first-order valence-corrected chi connectivity index (χ1v) is 30.2. The summed E-state index contributed by atoms with van der Waals surface area (Å²) >= 11 is 0. The van der Waals surface area contributed by atoms with E-state index in [2.05, 4.69) is 125 Å². The minimum atomic E-state index is -0.635. The second kappa shape index (κ2) is 21.6. The summed E-state index contributed by atoms with van der Waals surface area (Å²) in [5.74, 6) is 4.73. The van der Waals surface area contributed by atoms with Crippen molar-refractivity contribution < 1.29 is 45.1 Å². The lowest BCUT2D eigenvalue weighted by Crippen LogP contribution is -2.43. The van der Waals surface area contributed by atoms with Gasteiger partial charge in [0.25, 0.3) is 10.2 Å². The van der Waals surface area contributed by atoms with Crippen LogP contribution in [-0.4, -0.2) is 73.0 Å². The summed E-state index contributed by atoms with van der Waals surface area (Å²) in [4.78, 5) is 42.2. The van der Waals surface area contributed by atoms with Gasteiger partial charge in [-0.15, -0.1) is 20.2 Å². The van der Waals surface area contributed by atoms with E-state index in [9.17, 15) is 40.3 Å². The molecule has 448 valence electrons. The number of aliphatic hydroxyl groups excluding tert-OH is 4. The van der Waals surface area contributed by atoms with Crippen LogP contribution in [0.5, 0.6) is 0 Å². The van der Waals surface area contributed by atoms with Gasteiger partial charge in [0.05, 0.1) is 18.3 Å². The number of carbonyl (C=O) groups excluding carboxylic acids is 1. The molecule has 12 aliphatic carbocycles. The van der Waals surface area contributed by atoms with Crippen LogP contribution in [0.4, 0.5) is 0 Å². The number of fused-ring (bicyclic) bond motifs is 12. The van der Waals surface area contributed by atoms with Gasteiger partial charge in [0.15, 0.2) is 0 Å². The lowest BCUT2D eigenvalue weighted by atomic mass is 9.70. The Morgan fingerprint density at radius 2 is 0.805 bits per heavy atom. The van der Waals surface area contributed by atoms with Crippen molar-refractivity contribution >= 4 is 5.78 Å². The molecule has 12 aliphatic rings. The normalized spacial score (nSPS) is 46.0. The van der Waals surface area contributed by atoms with Crippen LogP contribution in [-0.2, 0) is 14.5 Å². The van der Waals surface area contributed by atoms with Gasteiger partial charge in [0.1, 0.15) is 18.0 Å². The standard InChI is InChI=1S/2C10H17NO3.3C10H18O.C10H16O.C3H8O.CH4/c1-9(2)6-10(3)5-7(9)4-8(10)14-11(12)13;1-9(2)7-4-5-10(3,6-7)8(9)14-11(12)13;4*1-9(2)7-4-5-10(3,6-7)8(9)11;1-3(2)4;/h2*7-8H,4-6H2,1-3H3;3*7-8,11H,4-6H2,1-3H3;7H,4-6H2,1-3H3;3-4H,1-2H3;1H4. The number of Topliss-reactive ketones (excluding diaryl/α,β-unsaturated/α-hetero) is 1. The molecule has 0 aromatic carbocycles. The number of carbonyl (C=O) groups is 1.